The van der Waals surface area contributed by atoms with Gasteiger partial charge in [-0.1, -0.05) is 123 Å². The van der Waals surface area contributed by atoms with Crippen LogP contribution >= 0.6 is 104 Å². The van der Waals surface area contributed by atoms with E-state index < -0.39 is 11.4 Å². The van der Waals surface area contributed by atoms with Crippen LogP contribution in [0.3, 0.4) is 0 Å². The van der Waals surface area contributed by atoms with Crippen molar-refractivity contribution in [3.8, 4) is 28.9 Å². The highest BCUT2D eigenvalue weighted by molar-refractivity contribution is 6.67. The topological polar surface area (TPSA) is 232 Å². The first-order valence-corrected chi connectivity index (χ1v) is 18.5. The van der Waals surface area contributed by atoms with Crippen molar-refractivity contribution in [1.29, 1.82) is 0 Å². The first-order chi connectivity index (χ1) is 27.8. The van der Waals surface area contributed by atoms with E-state index in [1.165, 1.54) is 25.3 Å². The van der Waals surface area contributed by atoms with E-state index in [0.29, 0.717) is 11.3 Å². The molecule has 0 saturated heterocycles. The third kappa shape index (κ3) is 16.1. The summed E-state index contributed by atoms with van der Waals surface area (Å²) in [6, 6.07) is 14.1. The largest absolute Gasteiger partial charge is 0.497 e. The van der Waals surface area contributed by atoms with E-state index >= 15 is 0 Å². The summed E-state index contributed by atoms with van der Waals surface area (Å²) in [4.78, 5) is 75.0. The van der Waals surface area contributed by atoms with E-state index in [1.807, 2.05) is 24.3 Å². The fourth-order valence-electron chi connectivity index (χ4n) is 3.66. The molecule has 306 valence electrons. The molecular weight excluding hydrogens is 968 g/mol. The minimum atomic E-state index is -1.86. The quantitative estimate of drug-likeness (QED) is 0.0762. The first kappa shape index (κ1) is 48.7. The highest BCUT2D eigenvalue weighted by atomic mass is 35.6. The van der Waals surface area contributed by atoms with E-state index in [1.54, 1.807) is 50.6 Å². The second kappa shape index (κ2) is 22.7. The molecule has 3 aromatic heterocycles. The second-order valence-corrected chi connectivity index (χ2v) is 16.8. The van der Waals surface area contributed by atoms with Gasteiger partial charge in [-0.3, -0.25) is 0 Å². The van der Waals surface area contributed by atoms with Gasteiger partial charge in [-0.25, -0.2) is 24.4 Å². The normalized spacial score (nSPS) is 11.0. The zero-order valence-electron chi connectivity index (χ0n) is 29.5. The number of halogens is 9. The Balaban J connectivity index is 0.000000242. The third-order valence-electron chi connectivity index (χ3n) is 6.14. The maximum Gasteiger partial charge on any atom is 0.321 e. The molecule has 2 aromatic carbocycles. The molecule has 0 N–H and O–H groups in total. The standard InChI is InChI=1S/C14H9Cl3N4O2.C12H7Cl3N4O2.C6H3Cl3N4O2/c1-23-10-5-2-9(3-6-10)4-7-11-19-12(14(15,16)17)21-13(20-11)18-8-22;1-21-8-4-2-7(3-5-8)9-17-10(12(13,14)15)19-11(18-9)16-6-20;1-15-5-12-3(6(7,8)9)11-4(13-5)10-2-14/h2-7H,1H3;2-5H,1H3;1H3. The Morgan fingerprint density at radius 1 is 0.492 bits per heavy atom. The van der Waals surface area contributed by atoms with Gasteiger partial charge in [0, 0.05) is 5.56 Å². The van der Waals surface area contributed by atoms with Crippen LogP contribution in [0.5, 0.6) is 17.5 Å². The lowest BCUT2D eigenvalue weighted by Crippen LogP contribution is -2.09. The van der Waals surface area contributed by atoms with E-state index in [9.17, 15) is 14.4 Å². The number of benzene rings is 2. The SMILES string of the molecule is COc1ccc(-c2nc(N=C=O)nc(C(Cl)(Cl)Cl)n2)cc1.COc1ccc(C=Cc2nc(N=C=O)nc(C(Cl)(Cl)Cl)n2)cc1.COc1nc(N=C=O)nc(C(Cl)(Cl)Cl)n1. The van der Waals surface area contributed by atoms with Gasteiger partial charge in [-0.05, 0) is 48.0 Å². The Kier molecular flexibility index (Phi) is 18.7. The molecule has 0 atom stereocenters. The number of carbonyl (C=O) groups excluding carboxylic acids is 3. The number of hydrogen-bond donors (Lipinski definition) is 0. The fraction of sp³-hybridized carbons (Fsp3) is 0.188. The van der Waals surface area contributed by atoms with Crippen molar-refractivity contribution in [1.82, 2.24) is 44.9 Å². The van der Waals surface area contributed by atoms with Crippen LogP contribution in [0.15, 0.2) is 63.5 Å². The minimum absolute atomic E-state index is 0.111. The molecule has 59 heavy (non-hydrogen) atoms. The molecule has 0 aliphatic rings. The molecule has 0 amide bonds. The number of hydrogen-bond acceptors (Lipinski definition) is 18. The third-order valence-corrected chi connectivity index (χ3v) is 7.66. The minimum Gasteiger partial charge on any atom is -0.497 e. The lowest BCUT2D eigenvalue weighted by Gasteiger charge is -2.10. The van der Waals surface area contributed by atoms with Gasteiger partial charge in [-0.2, -0.15) is 34.9 Å². The van der Waals surface area contributed by atoms with Gasteiger partial charge in [0.2, 0.25) is 29.6 Å². The summed E-state index contributed by atoms with van der Waals surface area (Å²) in [5, 5.41) is 0. The molecule has 5 aromatic rings. The van der Waals surface area contributed by atoms with E-state index in [0.717, 1.165) is 11.3 Å². The Hall–Kier alpha value is -4.64. The van der Waals surface area contributed by atoms with Crippen LogP contribution in [-0.4, -0.2) is 84.4 Å². The summed E-state index contributed by atoms with van der Waals surface area (Å²) >= 11 is 51.2. The second-order valence-electron chi connectivity index (χ2n) is 9.98. The maximum absolute atomic E-state index is 10.4. The number of isocyanates is 3. The monoisotopic (exact) mass is 982 g/mol. The predicted molar refractivity (Wildman–Crippen MR) is 221 cm³/mol. The molecular formula is C32H19Cl9N12O6. The molecule has 5 rings (SSSR count). The van der Waals surface area contributed by atoms with Gasteiger partial charge in [0.05, 0.1) is 21.3 Å². The van der Waals surface area contributed by atoms with Crippen LogP contribution in [0.25, 0.3) is 23.5 Å². The van der Waals surface area contributed by atoms with Gasteiger partial charge in [0.15, 0.2) is 29.1 Å². The number of aromatic nitrogens is 9. The lowest BCUT2D eigenvalue weighted by molar-refractivity contribution is 0.376. The van der Waals surface area contributed by atoms with Gasteiger partial charge in [0.25, 0.3) is 17.8 Å². The zero-order valence-corrected chi connectivity index (χ0v) is 36.3. The molecule has 0 bridgehead atoms. The summed E-state index contributed by atoms with van der Waals surface area (Å²) < 4.78 is 9.28. The molecule has 0 fully saturated rings. The van der Waals surface area contributed by atoms with Gasteiger partial charge < -0.3 is 14.2 Å². The molecule has 0 unspecified atom stereocenters. The summed E-state index contributed by atoms with van der Waals surface area (Å²) in [5.41, 5.74) is 1.50. The van der Waals surface area contributed by atoms with Crippen molar-refractivity contribution in [2.75, 3.05) is 21.3 Å². The average Bonchev–Trinajstić information content (AvgIpc) is 3.20. The van der Waals surface area contributed by atoms with Crippen molar-refractivity contribution in [2.24, 2.45) is 15.0 Å². The Labute approximate surface area is 377 Å². The number of nitrogens with zero attached hydrogens (tertiary/aromatic N) is 12. The van der Waals surface area contributed by atoms with Crippen LogP contribution in [0.4, 0.5) is 17.8 Å². The van der Waals surface area contributed by atoms with E-state index in [4.69, 9.17) is 119 Å². The van der Waals surface area contributed by atoms with E-state index in [-0.39, 0.29) is 53.0 Å². The number of ether oxygens (including phenoxy) is 3. The van der Waals surface area contributed by atoms with Gasteiger partial charge in [-0.15, -0.1) is 15.0 Å². The summed E-state index contributed by atoms with van der Waals surface area (Å²) in [6.45, 7) is 0. The Bertz CT molecular complexity index is 2400. The van der Waals surface area contributed by atoms with Gasteiger partial charge in [0.1, 0.15) is 11.5 Å². The molecule has 0 aliphatic heterocycles. The smallest absolute Gasteiger partial charge is 0.321 e. The van der Waals surface area contributed by atoms with E-state index in [2.05, 4.69) is 59.8 Å². The lowest BCUT2D eigenvalue weighted by atomic mass is 10.2. The molecule has 0 spiro atoms. The number of aliphatic imine (C=N–C) groups is 3. The predicted octanol–water partition coefficient (Wildman–Crippen LogP) is 8.86. The number of rotatable bonds is 9. The molecule has 18 nitrogen and oxygen atoms in total. The van der Waals surface area contributed by atoms with Crippen LogP contribution < -0.4 is 14.2 Å². The highest BCUT2D eigenvalue weighted by Crippen LogP contribution is 2.38. The summed E-state index contributed by atoms with van der Waals surface area (Å²) in [5.74, 6) is 0.727. The Morgan fingerprint density at radius 2 is 0.915 bits per heavy atom. The molecule has 3 heterocycles. The van der Waals surface area contributed by atoms with Crippen LogP contribution in [-0.2, 0) is 25.8 Å². The average molecular weight is 987 g/mol. The molecule has 0 radical (unpaired) electrons. The van der Waals surface area contributed by atoms with Crippen LogP contribution in [0, 0.1) is 0 Å². The van der Waals surface area contributed by atoms with Crippen molar-refractivity contribution >= 4 is 153 Å². The number of methoxy groups -OCH3 is 3. The maximum atomic E-state index is 10.4. The highest BCUT2D eigenvalue weighted by Gasteiger charge is 2.30. The van der Waals surface area contributed by atoms with Gasteiger partial charge >= 0.3 is 6.01 Å². The molecule has 27 heteroatoms. The summed E-state index contributed by atoms with van der Waals surface area (Å²) in [7, 11) is 4.45. The Morgan fingerprint density at radius 3 is 1.36 bits per heavy atom. The summed E-state index contributed by atoms with van der Waals surface area (Å²) in [6.07, 6.45) is 7.23. The van der Waals surface area contributed by atoms with Crippen molar-refractivity contribution in [3.05, 3.63) is 77.4 Å². The molecule has 0 saturated carbocycles. The van der Waals surface area contributed by atoms with Crippen molar-refractivity contribution in [2.45, 2.75) is 11.4 Å². The number of alkyl halides is 9. The van der Waals surface area contributed by atoms with Crippen LogP contribution in [0.1, 0.15) is 28.9 Å². The molecule has 0 aliphatic carbocycles. The fourth-order valence-corrected chi connectivity index (χ4v) is 4.43. The van der Waals surface area contributed by atoms with Crippen molar-refractivity contribution in [3.63, 3.8) is 0 Å². The zero-order chi connectivity index (χ0) is 43.8. The van der Waals surface area contributed by atoms with Crippen molar-refractivity contribution < 1.29 is 28.6 Å². The first-order valence-electron chi connectivity index (χ1n) is 15.1. The van der Waals surface area contributed by atoms with Crippen LogP contribution in [0.2, 0.25) is 0 Å².